The van der Waals surface area contributed by atoms with Crippen molar-refractivity contribution in [1.82, 2.24) is 14.5 Å². The first-order valence-corrected chi connectivity index (χ1v) is 12.1. The zero-order valence-corrected chi connectivity index (χ0v) is 21.4. The van der Waals surface area contributed by atoms with E-state index in [1.165, 1.54) is 22.8 Å². The maximum absolute atomic E-state index is 13.7. The fourth-order valence-corrected chi connectivity index (χ4v) is 4.45. The molecule has 7 nitrogen and oxygen atoms in total. The molecule has 0 aliphatic carbocycles. The molecule has 3 aromatic carbocycles. The number of hydrogen-bond donors (Lipinski definition) is 3. The number of anilines is 1. The van der Waals surface area contributed by atoms with Crippen molar-refractivity contribution < 1.29 is 14.3 Å². The highest BCUT2D eigenvalue weighted by atomic mass is 19.1. The molecule has 0 spiro atoms. The minimum Gasteiger partial charge on any atom is -0.478 e. The lowest BCUT2D eigenvalue weighted by Gasteiger charge is -2.20. The van der Waals surface area contributed by atoms with Gasteiger partial charge in [0.05, 0.1) is 28.2 Å². The lowest BCUT2D eigenvalue weighted by Crippen LogP contribution is -2.22. The summed E-state index contributed by atoms with van der Waals surface area (Å²) in [4.78, 5) is 33.1. The van der Waals surface area contributed by atoms with E-state index in [2.05, 4.69) is 10.3 Å². The fraction of sp³-hybridized carbons (Fsp3) is 0.207. The highest BCUT2D eigenvalue weighted by molar-refractivity contribution is 5.94. The number of aromatic amines is 1. The van der Waals surface area contributed by atoms with E-state index < -0.39 is 5.97 Å². The summed E-state index contributed by atoms with van der Waals surface area (Å²) < 4.78 is 15.2. The van der Waals surface area contributed by atoms with E-state index in [1.807, 2.05) is 33.8 Å². The molecule has 0 radical (unpaired) electrons. The number of para-hydroxylation sites is 1. The van der Waals surface area contributed by atoms with Gasteiger partial charge in [0.2, 0.25) is 0 Å². The summed E-state index contributed by atoms with van der Waals surface area (Å²) in [6.45, 7) is 7.80. The van der Waals surface area contributed by atoms with Gasteiger partial charge < -0.3 is 15.4 Å². The van der Waals surface area contributed by atoms with Gasteiger partial charge in [-0.2, -0.15) is 0 Å². The Morgan fingerprint density at radius 3 is 2.57 bits per heavy atom. The van der Waals surface area contributed by atoms with Crippen LogP contribution >= 0.6 is 0 Å². The van der Waals surface area contributed by atoms with Crippen molar-refractivity contribution >= 4 is 33.5 Å². The molecule has 0 amide bonds. The molecule has 0 saturated carbocycles. The Morgan fingerprint density at radius 2 is 1.84 bits per heavy atom. The van der Waals surface area contributed by atoms with Crippen LogP contribution in [0, 0.1) is 12.7 Å². The van der Waals surface area contributed by atoms with Crippen molar-refractivity contribution in [2.45, 2.75) is 33.7 Å². The predicted molar refractivity (Wildman–Crippen MR) is 146 cm³/mol. The number of hydrogen-bond acceptors (Lipinski definition) is 4. The molecule has 1 atom stereocenters. The Bertz CT molecular complexity index is 1690. The highest BCUT2D eigenvalue weighted by Crippen LogP contribution is 2.30. The second kappa shape index (κ2) is 10.3. The first-order valence-electron chi connectivity index (χ1n) is 12.1. The third kappa shape index (κ3) is 4.82. The van der Waals surface area contributed by atoms with Gasteiger partial charge in [-0.05, 0) is 61.9 Å². The maximum atomic E-state index is 13.7. The van der Waals surface area contributed by atoms with Crippen molar-refractivity contribution in [3.8, 4) is 11.5 Å². The van der Waals surface area contributed by atoms with Crippen LogP contribution in [0.1, 0.15) is 48.3 Å². The number of H-pyrrole nitrogens is 1. The lowest BCUT2D eigenvalue weighted by molar-refractivity contribution is 0.0698. The number of aryl methyl sites for hydroxylation is 1. The fourth-order valence-electron chi connectivity index (χ4n) is 4.45. The van der Waals surface area contributed by atoms with E-state index in [0.29, 0.717) is 33.5 Å². The zero-order valence-electron chi connectivity index (χ0n) is 21.4. The van der Waals surface area contributed by atoms with E-state index in [9.17, 15) is 19.1 Å². The minimum atomic E-state index is -1.03. The average Bonchev–Trinajstić information content (AvgIpc) is 3.30. The van der Waals surface area contributed by atoms with Crippen molar-refractivity contribution in [2.75, 3.05) is 5.32 Å². The Morgan fingerprint density at radius 1 is 1.11 bits per heavy atom. The molecule has 2 heterocycles. The number of carbonyl (C=O) groups is 1. The summed E-state index contributed by atoms with van der Waals surface area (Å²) in [7, 11) is 1.66. The van der Waals surface area contributed by atoms with Gasteiger partial charge in [-0.25, -0.2) is 14.2 Å². The van der Waals surface area contributed by atoms with Crippen LogP contribution in [-0.4, -0.2) is 25.6 Å². The largest absolute Gasteiger partial charge is 0.478 e. The summed E-state index contributed by atoms with van der Waals surface area (Å²) in [5, 5.41) is 14.0. The Kier molecular flexibility index (Phi) is 7.11. The Hall–Kier alpha value is -4.46. The number of fused-ring (bicyclic) bond motifs is 2. The summed E-state index contributed by atoms with van der Waals surface area (Å²) in [5.41, 5.74) is 3.93. The van der Waals surface area contributed by atoms with Gasteiger partial charge in [-0.3, -0.25) is 9.36 Å². The number of nitrogens with zero attached hydrogens (tertiary/aromatic N) is 2. The monoisotopic (exact) mass is 500 g/mol. The van der Waals surface area contributed by atoms with Gasteiger partial charge in [0.15, 0.2) is 5.82 Å². The quantitative estimate of drug-likeness (QED) is 0.258. The molecule has 0 saturated heterocycles. The first-order chi connectivity index (χ1) is 17.7. The van der Waals surface area contributed by atoms with Crippen LogP contribution in [0.5, 0.6) is 0 Å². The number of carboxylic acid groups (broad SMARTS) is 1. The van der Waals surface area contributed by atoms with Crippen LogP contribution in [-0.2, 0) is 7.05 Å². The molecule has 37 heavy (non-hydrogen) atoms. The maximum Gasteiger partial charge on any atom is 0.337 e. The molecule has 2 aromatic heterocycles. The molecule has 3 N–H and O–H groups in total. The molecule has 0 aliphatic heterocycles. The lowest BCUT2D eigenvalue weighted by atomic mass is 10.0. The van der Waals surface area contributed by atoms with Gasteiger partial charge in [0, 0.05) is 29.2 Å². The Labute approximate surface area is 213 Å². The van der Waals surface area contributed by atoms with Crippen LogP contribution < -0.4 is 10.9 Å². The molecule has 8 heteroatoms. The van der Waals surface area contributed by atoms with Crippen molar-refractivity contribution in [3.63, 3.8) is 0 Å². The molecule has 5 rings (SSSR count). The zero-order chi connectivity index (χ0) is 26.9. The second-order valence-corrected chi connectivity index (χ2v) is 8.68. The van der Waals surface area contributed by atoms with Crippen LogP contribution in [0.25, 0.3) is 33.3 Å². The molecule has 5 aromatic rings. The standard InChI is InChI=1S/C27H23FN4O3.C2H6/c1-14-10-19(15(2)29-22-7-5-4-6-18(22)27(34)35)24-20(11-14)26(33)32(3)25(31-24)23-13-16-12-17(28)8-9-21(16)30-23;1-2/h4-13,15,29-30H,1-3H3,(H,34,35);1-2H3. The van der Waals surface area contributed by atoms with E-state index in [4.69, 9.17) is 4.98 Å². The predicted octanol–water partition coefficient (Wildman–Crippen LogP) is 6.43. The average molecular weight is 501 g/mol. The van der Waals surface area contributed by atoms with Crippen molar-refractivity contribution in [3.05, 3.63) is 93.5 Å². The summed E-state index contributed by atoms with van der Waals surface area (Å²) in [5.74, 6) is -0.955. The molecule has 190 valence electrons. The highest BCUT2D eigenvalue weighted by Gasteiger charge is 2.19. The molecular weight excluding hydrogens is 471 g/mol. The van der Waals surface area contributed by atoms with Crippen molar-refractivity contribution in [2.24, 2.45) is 7.05 Å². The first kappa shape index (κ1) is 25.6. The van der Waals surface area contributed by atoms with Crippen LogP contribution in [0.2, 0.25) is 0 Å². The topological polar surface area (TPSA) is 100 Å². The van der Waals surface area contributed by atoms with E-state index in [1.54, 1.807) is 43.4 Å². The number of aromatic nitrogens is 3. The van der Waals surface area contributed by atoms with Gasteiger partial charge in [-0.1, -0.05) is 32.0 Å². The molecular formula is C29H29FN4O3. The molecule has 0 bridgehead atoms. The van der Waals surface area contributed by atoms with Gasteiger partial charge in [0.1, 0.15) is 5.82 Å². The third-order valence-corrected chi connectivity index (χ3v) is 6.17. The minimum absolute atomic E-state index is 0.158. The van der Waals surface area contributed by atoms with Gasteiger partial charge in [0.25, 0.3) is 5.56 Å². The Balaban J connectivity index is 0.00000156. The second-order valence-electron chi connectivity index (χ2n) is 8.68. The number of aromatic carboxylic acids is 1. The molecule has 1 unspecified atom stereocenters. The van der Waals surface area contributed by atoms with Gasteiger partial charge >= 0.3 is 5.97 Å². The number of nitrogens with one attached hydrogen (secondary N) is 2. The van der Waals surface area contributed by atoms with Crippen molar-refractivity contribution in [1.29, 1.82) is 0 Å². The third-order valence-electron chi connectivity index (χ3n) is 6.17. The van der Waals surface area contributed by atoms with Crippen LogP contribution in [0.15, 0.2) is 65.5 Å². The van der Waals surface area contributed by atoms with Gasteiger partial charge in [-0.15, -0.1) is 0 Å². The SMILES string of the molecule is CC.Cc1cc(C(C)Nc2ccccc2C(=O)O)c2nc(-c3cc4cc(F)ccc4[nH]3)n(C)c(=O)c2c1. The number of benzene rings is 3. The summed E-state index contributed by atoms with van der Waals surface area (Å²) in [6, 6.07) is 16.3. The summed E-state index contributed by atoms with van der Waals surface area (Å²) >= 11 is 0. The van der Waals surface area contributed by atoms with E-state index in [0.717, 1.165) is 16.6 Å². The molecule has 0 aliphatic rings. The summed E-state index contributed by atoms with van der Waals surface area (Å²) in [6.07, 6.45) is 0. The number of rotatable bonds is 5. The normalized spacial score (nSPS) is 11.7. The smallest absolute Gasteiger partial charge is 0.337 e. The molecule has 0 fully saturated rings. The van der Waals surface area contributed by atoms with E-state index in [-0.39, 0.29) is 23.0 Å². The van der Waals surface area contributed by atoms with Crippen LogP contribution in [0.4, 0.5) is 10.1 Å². The number of halogens is 1. The van der Waals surface area contributed by atoms with E-state index >= 15 is 0 Å². The number of carboxylic acids is 1. The van der Waals surface area contributed by atoms with Crippen LogP contribution in [0.3, 0.4) is 0 Å².